The van der Waals surface area contributed by atoms with Gasteiger partial charge in [0.25, 0.3) is 0 Å². The molecule has 0 amide bonds. The second-order valence-electron chi connectivity index (χ2n) is 5.90. The Morgan fingerprint density at radius 3 is 1.43 bits per heavy atom. The molecule has 23 heavy (non-hydrogen) atoms. The van der Waals surface area contributed by atoms with Crippen LogP contribution in [0, 0.1) is 12.2 Å². The van der Waals surface area contributed by atoms with Crippen molar-refractivity contribution in [3.8, 4) is 0 Å². The molecule has 0 saturated carbocycles. The van der Waals surface area contributed by atoms with Gasteiger partial charge < -0.3 is 0 Å². The van der Waals surface area contributed by atoms with Gasteiger partial charge >= 0.3 is 35.6 Å². The molecule has 2 aliphatic carbocycles. The zero-order valence-corrected chi connectivity index (χ0v) is 18.1. The Kier molecular flexibility index (Phi) is 15.9. The van der Waals surface area contributed by atoms with Gasteiger partial charge in [-0.05, 0) is 0 Å². The summed E-state index contributed by atoms with van der Waals surface area (Å²) in [7, 11) is 9.78. The number of unbranched alkanes of at least 4 members (excludes halogenated alkanes) is 2. The molecule has 0 N–H and O–H groups in total. The third-order valence-corrected chi connectivity index (χ3v) is 3.96. The molecule has 0 aromatic heterocycles. The van der Waals surface area contributed by atoms with E-state index in [1.165, 1.54) is 60.8 Å². The van der Waals surface area contributed by atoms with E-state index in [9.17, 15) is 0 Å². The van der Waals surface area contributed by atoms with Crippen LogP contribution in [0.4, 0.5) is 0 Å². The van der Waals surface area contributed by atoms with E-state index in [-0.39, 0.29) is 0 Å². The summed E-state index contributed by atoms with van der Waals surface area (Å²) < 4.78 is 0. The molecule has 0 nitrogen and oxygen atoms in total. The Labute approximate surface area is 160 Å². The van der Waals surface area contributed by atoms with E-state index >= 15 is 0 Å². The Hall–Kier alpha value is 0.254. The molecule has 0 bridgehead atoms. The zero-order chi connectivity index (χ0) is 17.5. The first-order valence-corrected chi connectivity index (χ1v) is 12.9. The van der Waals surface area contributed by atoms with Crippen molar-refractivity contribution in [3.05, 3.63) is 46.6 Å². The fourth-order valence-corrected chi connectivity index (χ4v) is 2.43. The van der Waals surface area contributed by atoms with Crippen LogP contribution in [-0.2, 0) is 17.0 Å². The summed E-state index contributed by atoms with van der Waals surface area (Å²) in [6.45, 7) is 8.88. The molecule has 130 valence electrons. The summed E-state index contributed by atoms with van der Waals surface area (Å²) in [5, 5.41) is 0. The van der Waals surface area contributed by atoms with Crippen LogP contribution in [0.25, 0.3) is 0 Å². The van der Waals surface area contributed by atoms with E-state index in [0.29, 0.717) is 0 Å². The van der Waals surface area contributed by atoms with E-state index < -0.39 is 17.0 Å². The maximum atomic E-state index is 4.89. The maximum absolute atomic E-state index is 4.89. The summed E-state index contributed by atoms with van der Waals surface area (Å²) >= 11 is -0.556. The number of hydrogen-bond acceptors (Lipinski definition) is 0. The van der Waals surface area contributed by atoms with Crippen LogP contribution in [-0.4, -0.2) is 0 Å². The van der Waals surface area contributed by atoms with E-state index in [2.05, 4.69) is 52.0 Å². The van der Waals surface area contributed by atoms with Gasteiger partial charge in [0.15, 0.2) is 0 Å². The summed E-state index contributed by atoms with van der Waals surface area (Å²) in [6, 6.07) is 0. The summed E-state index contributed by atoms with van der Waals surface area (Å²) in [5.74, 6) is 0. The fraction of sp³-hybridized carbons (Fsp3) is 0.600. The first-order valence-electron chi connectivity index (χ1n) is 8.60. The van der Waals surface area contributed by atoms with Crippen molar-refractivity contribution >= 4 is 18.6 Å². The van der Waals surface area contributed by atoms with Gasteiger partial charge in [-0.2, -0.15) is 12.2 Å². The Morgan fingerprint density at radius 1 is 0.870 bits per heavy atom. The van der Waals surface area contributed by atoms with Crippen molar-refractivity contribution in [2.24, 2.45) is 0 Å². The molecular formula is C20H30Cl2Ti-2. The third-order valence-electron chi connectivity index (χ3n) is 3.96. The SMILES string of the molecule is CCCCC1=C(C)CC=[C-]1.CCCCC1=C(C)CC=[C-]1.[Cl][Ti][Cl]. The summed E-state index contributed by atoms with van der Waals surface area (Å²) in [5.41, 5.74) is 5.96. The molecule has 2 aliphatic rings. The van der Waals surface area contributed by atoms with Crippen molar-refractivity contribution in [3.63, 3.8) is 0 Å². The van der Waals surface area contributed by atoms with Gasteiger partial charge in [0.1, 0.15) is 0 Å². The Morgan fingerprint density at radius 2 is 1.22 bits per heavy atom. The fourth-order valence-electron chi connectivity index (χ4n) is 2.43. The second kappa shape index (κ2) is 15.8. The molecule has 2 rings (SSSR count). The van der Waals surface area contributed by atoms with Gasteiger partial charge in [-0.1, -0.05) is 65.2 Å². The zero-order valence-electron chi connectivity index (χ0n) is 15.1. The Bertz CT molecular complexity index is 391. The van der Waals surface area contributed by atoms with Crippen LogP contribution in [0.2, 0.25) is 0 Å². The minimum atomic E-state index is -0.556. The quantitative estimate of drug-likeness (QED) is 0.320. The predicted octanol–water partition coefficient (Wildman–Crippen LogP) is 7.89. The second-order valence-corrected chi connectivity index (χ2v) is 8.48. The molecule has 0 spiro atoms. The van der Waals surface area contributed by atoms with Crippen molar-refractivity contribution in [1.29, 1.82) is 0 Å². The van der Waals surface area contributed by atoms with Crippen LogP contribution in [0.5, 0.6) is 0 Å². The van der Waals surface area contributed by atoms with E-state index in [0.717, 1.165) is 12.8 Å². The van der Waals surface area contributed by atoms with E-state index in [4.69, 9.17) is 18.6 Å². The van der Waals surface area contributed by atoms with Gasteiger partial charge in [-0.3, -0.25) is 12.2 Å². The predicted molar refractivity (Wildman–Crippen MR) is 101 cm³/mol. The van der Waals surface area contributed by atoms with Crippen molar-refractivity contribution in [1.82, 2.24) is 0 Å². The first-order chi connectivity index (χ1) is 11.1. The molecule has 0 fully saturated rings. The summed E-state index contributed by atoms with van der Waals surface area (Å²) in [6.07, 6.45) is 20.8. The molecule has 0 aliphatic heterocycles. The first kappa shape index (κ1) is 23.3. The van der Waals surface area contributed by atoms with Crippen LogP contribution >= 0.6 is 18.6 Å². The average molecular weight is 389 g/mol. The molecule has 0 radical (unpaired) electrons. The normalized spacial score (nSPS) is 15.4. The third kappa shape index (κ3) is 11.4. The molecule has 0 aromatic rings. The molecule has 0 unspecified atom stereocenters. The number of rotatable bonds is 6. The van der Waals surface area contributed by atoms with Gasteiger partial charge in [0.05, 0.1) is 0 Å². The van der Waals surface area contributed by atoms with Crippen LogP contribution in [0.15, 0.2) is 34.4 Å². The molecule has 3 heteroatoms. The number of halogens is 2. The van der Waals surface area contributed by atoms with Crippen molar-refractivity contribution in [2.75, 3.05) is 0 Å². The molecular weight excluding hydrogens is 359 g/mol. The number of hydrogen-bond donors (Lipinski definition) is 0. The monoisotopic (exact) mass is 388 g/mol. The average Bonchev–Trinajstić information content (AvgIpc) is 3.13. The van der Waals surface area contributed by atoms with Gasteiger partial charge in [-0.25, -0.2) is 22.3 Å². The Balaban J connectivity index is 0.000000360. The molecule has 0 saturated heterocycles. The van der Waals surface area contributed by atoms with E-state index in [1.807, 2.05) is 0 Å². The van der Waals surface area contributed by atoms with Crippen LogP contribution in [0.3, 0.4) is 0 Å². The topological polar surface area (TPSA) is 0 Å². The van der Waals surface area contributed by atoms with Crippen LogP contribution < -0.4 is 0 Å². The van der Waals surface area contributed by atoms with E-state index in [1.54, 1.807) is 0 Å². The molecule has 0 heterocycles. The molecule has 0 atom stereocenters. The standard InChI is InChI=1S/2C10H15.2ClH.Ti/c2*1-3-4-7-10-8-5-6-9(10)2;;;/h2*5H,3-4,6-7H2,1-2H3;2*1H;/q2*-1;;;+2/p-2. The number of allylic oxidation sites excluding steroid dienone is 8. The van der Waals surface area contributed by atoms with Crippen molar-refractivity contribution < 1.29 is 17.0 Å². The van der Waals surface area contributed by atoms with Crippen LogP contribution in [0.1, 0.15) is 79.1 Å². The van der Waals surface area contributed by atoms with Gasteiger partial charge in [0.2, 0.25) is 0 Å². The molecule has 0 aromatic carbocycles. The van der Waals surface area contributed by atoms with Gasteiger partial charge in [0, 0.05) is 0 Å². The van der Waals surface area contributed by atoms with Crippen molar-refractivity contribution in [2.45, 2.75) is 79.1 Å². The summed E-state index contributed by atoms with van der Waals surface area (Å²) in [4.78, 5) is 0. The van der Waals surface area contributed by atoms with Gasteiger partial charge in [-0.15, -0.1) is 13.8 Å². The minimum absolute atomic E-state index is 0.556.